The molecule has 1 amide bonds. The van der Waals surface area contributed by atoms with Gasteiger partial charge in [0.25, 0.3) is 0 Å². The van der Waals surface area contributed by atoms with E-state index in [-0.39, 0.29) is 11.8 Å². The second kappa shape index (κ2) is 8.10. The summed E-state index contributed by atoms with van der Waals surface area (Å²) in [5.74, 6) is 1.71. The van der Waals surface area contributed by atoms with Gasteiger partial charge in [-0.3, -0.25) is 9.69 Å². The van der Waals surface area contributed by atoms with Crippen LogP contribution in [0.5, 0.6) is 11.5 Å². The highest BCUT2D eigenvalue weighted by molar-refractivity contribution is 5.92. The number of carbonyl (C=O) groups excluding carboxylic acids is 1. The van der Waals surface area contributed by atoms with Gasteiger partial charge in [-0.25, -0.2) is 0 Å². The van der Waals surface area contributed by atoms with Crippen molar-refractivity contribution in [2.75, 3.05) is 43.2 Å². The van der Waals surface area contributed by atoms with Crippen molar-refractivity contribution in [1.82, 2.24) is 4.90 Å². The van der Waals surface area contributed by atoms with Crippen molar-refractivity contribution in [2.24, 2.45) is 5.92 Å². The fourth-order valence-electron chi connectivity index (χ4n) is 3.50. The zero-order valence-corrected chi connectivity index (χ0v) is 16.5. The van der Waals surface area contributed by atoms with Crippen LogP contribution in [0.3, 0.4) is 0 Å². The lowest BCUT2D eigenvalue weighted by Gasteiger charge is -2.36. The van der Waals surface area contributed by atoms with Crippen LogP contribution in [0.4, 0.5) is 11.4 Å². The number of amides is 1. The molecule has 0 saturated carbocycles. The molecular formula is C22H27N3O3. The summed E-state index contributed by atoms with van der Waals surface area (Å²) < 4.78 is 10.9. The molecule has 1 fully saturated rings. The van der Waals surface area contributed by atoms with Crippen LogP contribution in [0.15, 0.2) is 42.5 Å². The van der Waals surface area contributed by atoms with Crippen molar-refractivity contribution in [2.45, 2.75) is 20.4 Å². The Balaban J connectivity index is 1.29. The minimum atomic E-state index is -0.0162. The first-order chi connectivity index (χ1) is 13.6. The van der Waals surface area contributed by atoms with Crippen LogP contribution in [-0.2, 0) is 11.3 Å². The maximum Gasteiger partial charge on any atom is 0.231 e. The highest BCUT2D eigenvalue weighted by atomic mass is 16.7. The van der Waals surface area contributed by atoms with E-state index in [1.54, 1.807) is 0 Å². The first-order valence-electron chi connectivity index (χ1n) is 9.85. The average Bonchev–Trinajstić information content (AvgIpc) is 3.17. The monoisotopic (exact) mass is 381 g/mol. The van der Waals surface area contributed by atoms with Crippen LogP contribution in [0.25, 0.3) is 0 Å². The average molecular weight is 381 g/mol. The van der Waals surface area contributed by atoms with Gasteiger partial charge in [0.1, 0.15) is 0 Å². The molecule has 0 radical (unpaired) electrons. The molecule has 4 rings (SSSR count). The Kier molecular flexibility index (Phi) is 5.39. The van der Waals surface area contributed by atoms with E-state index in [0.29, 0.717) is 6.79 Å². The molecule has 148 valence electrons. The lowest BCUT2D eigenvalue weighted by Crippen LogP contribution is -2.45. The number of nitrogens with zero attached hydrogens (tertiary/aromatic N) is 2. The quantitative estimate of drug-likeness (QED) is 0.861. The van der Waals surface area contributed by atoms with Gasteiger partial charge in [-0.15, -0.1) is 0 Å². The van der Waals surface area contributed by atoms with Gasteiger partial charge in [-0.2, -0.15) is 0 Å². The third-order valence-corrected chi connectivity index (χ3v) is 5.24. The minimum Gasteiger partial charge on any atom is -0.454 e. The normalized spacial score (nSPS) is 16.5. The summed E-state index contributed by atoms with van der Waals surface area (Å²) in [6.45, 7) is 9.03. The summed E-state index contributed by atoms with van der Waals surface area (Å²) in [4.78, 5) is 16.7. The number of nitrogens with one attached hydrogen (secondary N) is 1. The molecule has 0 bridgehead atoms. The van der Waals surface area contributed by atoms with Gasteiger partial charge in [0, 0.05) is 50.0 Å². The second-order valence-corrected chi connectivity index (χ2v) is 7.64. The predicted octanol–water partition coefficient (Wildman–Crippen LogP) is 3.33. The molecule has 28 heavy (non-hydrogen) atoms. The lowest BCUT2D eigenvalue weighted by atomic mass is 10.1. The van der Waals surface area contributed by atoms with Crippen LogP contribution in [0.2, 0.25) is 0 Å². The van der Waals surface area contributed by atoms with Gasteiger partial charge in [-0.1, -0.05) is 19.9 Å². The third-order valence-electron chi connectivity index (χ3n) is 5.24. The summed E-state index contributed by atoms with van der Waals surface area (Å²) in [7, 11) is 0. The summed E-state index contributed by atoms with van der Waals surface area (Å²) in [5, 5.41) is 2.94. The summed E-state index contributed by atoms with van der Waals surface area (Å²) in [6.07, 6.45) is 0. The molecule has 1 N–H and O–H groups in total. The molecule has 0 unspecified atom stereocenters. The SMILES string of the molecule is CC(C)C(=O)Nc1ccc(N2CCN(Cc3ccc4c(c3)OCO4)CC2)cc1. The number of fused-ring (bicyclic) bond motifs is 1. The Morgan fingerprint density at radius 1 is 1.00 bits per heavy atom. The van der Waals surface area contributed by atoms with Crippen LogP contribution < -0.4 is 19.7 Å². The zero-order valence-electron chi connectivity index (χ0n) is 16.5. The molecule has 2 aliphatic heterocycles. The molecule has 6 heteroatoms. The van der Waals surface area contributed by atoms with Gasteiger partial charge >= 0.3 is 0 Å². The minimum absolute atomic E-state index is 0.0162. The van der Waals surface area contributed by atoms with Crippen molar-refractivity contribution in [3.63, 3.8) is 0 Å². The highest BCUT2D eigenvalue weighted by Gasteiger charge is 2.19. The molecule has 2 aromatic carbocycles. The largest absolute Gasteiger partial charge is 0.454 e. The van der Waals surface area contributed by atoms with Crippen molar-refractivity contribution in [3.05, 3.63) is 48.0 Å². The topological polar surface area (TPSA) is 54.0 Å². The lowest BCUT2D eigenvalue weighted by molar-refractivity contribution is -0.118. The van der Waals surface area contributed by atoms with Gasteiger partial charge < -0.3 is 19.7 Å². The first kappa shape index (κ1) is 18.6. The Hall–Kier alpha value is -2.73. The van der Waals surface area contributed by atoms with E-state index in [1.165, 1.54) is 11.3 Å². The number of anilines is 2. The Morgan fingerprint density at radius 2 is 1.71 bits per heavy atom. The van der Waals surface area contributed by atoms with Gasteiger partial charge in [0.05, 0.1) is 0 Å². The fraction of sp³-hybridized carbons (Fsp3) is 0.409. The number of hydrogen-bond donors (Lipinski definition) is 1. The van der Waals surface area contributed by atoms with Gasteiger partial charge in [0.2, 0.25) is 12.7 Å². The molecule has 6 nitrogen and oxygen atoms in total. The summed E-state index contributed by atoms with van der Waals surface area (Å²) >= 11 is 0. The van der Waals surface area contributed by atoms with E-state index in [2.05, 4.69) is 39.4 Å². The van der Waals surface area contributed by atoms with E-state index in [9.17, 15) is 4.79 Å². The zero-order chi connectivity index (χ0) is 19.5. The van der Waals surface area contributed by atoms with E-state index < -0.39 is 0 Å². The third kappa shape index (κ3) is 4.22. The number of piperazine rings is 1. The number of ether oxygens (including phenoxy) is 2. The smallest absolute Gasteiger partial charge is 0.231 e. The molecule has 1 saturated heterocycles. The Labute approximate surface area is 166 Å². The maximum absolute atomic E-state index is 11.8. The van der Waals surface area contributed by atoms with Crippen LogP contribution in [0.1, 0.15) is 19.4 Å². The Morgan fingerprint density at radius 3 is 2.43 bits per heavy atom. The van der Waals surface area contributed by atoms with Gasteiger partial charge in [0.15, 0.2) is 11.5 Å². The van der Waals surface area contributed by atoms with E-state index in [1.807, 2.05) is 32.0 Å². The number of hydrogen-bond acceptors (Lipinski definition) is 5. The Bertz CT molecular complexity index is 827. The maximum atomic E-state index is 11.8. The second-order valence-electron chi connectivity index (χ2n) is 7.64. The first-order valence-corrected chi connectivity index (χ1v) is 9.85. The molecule has 2 heterocycles. The number of rotatable bonds is 5. The van der Waals surface area contributed by atoms with E-state index in [0.717, 1.165) is 49.9 Å². The van der Waals surface area contributed by atoms with Crippen LogP contribution >= 0.6 is 0 Å². The standard InChI is InChI=1S/C22H27N3O3/c1-16(2)22(26)23-18-4-6-19(7-5-18)25-11-9-24(10-12-25)14-17-3-8-20-21(13-17)28-15-27-20/h3-8,13,16H,9-12,14-15H2,1-2H3,(H,23,26). The molecule has 0 spiro atoms. The molecule has 0 atom stereocenters. The van der Waals surface area contributed by atoms with Crippen LogP contribution in [0, 0.1) is 5.92 Å². The van der Waals surface area contributed by atoms with Gasteiger partial charge in [-0.05, 0) is 42.0 Å². The molecule has 0 aliphatic carbocycles. The molecule has 2 aromatic rings. The van der Waals surface area contributed by atoms with Crippen molar-refractivity contribution < 1.29 is 14.3 Å². The summed E-state index contributed by atoms with van der Waals surface area (Å²) in [6, 6.07) is 14.3. The van der Waals surface area contributed by atoms with Crippen LogP contribution in [-0.4, -0.2) is 43.8 Å². The molecule has 2 aliphatic rings. The number of benzene rings is 2. The van der Waals surface area contributed by atoms with E-state index >= 15 is 0 Å². The fourth-order valence-corrected chi connectivity index (χ4v) is 3.50. The van der Waals surface area contributed by atoms with Crippen molar-refractivity contribution in [1.29, 1.82) is 0 Å². The van der Waals surface area contributed by atoms with Crippen molar-refractivity contribution >= 4 is 17.3 Å². The summed E-state index contributed by atoms with van der Waals surface area (Å²) in [5.41, 5.74) is 3.30. The van der Waals surface area contributed by atoms with Crippen molar-refractivity contribution in [3.8, 4) is 11.5 Å². The van der Waals surface area contributed by atoms with E-state index in [4.69, 9.17) is 9.47 Å². The number of carbonyl (C=O) groups is 1. The predicted molar refractivity (Wildman–Crippen MR) is 110 cm³/mol. The molecular weight excluding hydrogens is 354 g/mol. The molecule has 0 aromatic heterocycles. The highest BCUT2D eigenvalue weighted by Crippen LogP contribution is 2.33.